The predicted molar refractivity (Wildman–Crippen MR) is 344 cm³/mol. The fourth-order valence-electron chi connectivity index (χ4n) is 13.0. The Kier molecular flexibility index (Phi) is 18.4. The highest BCUT2D eigenvalue weighted by Crippen LogP contribution is 2.37. The summed E-state index contributed by atoms with van der Waals surface area (Å²) in [4.78, 5) is 60.7. The topological polar surface area (TPSA) is 153 Å². The number of hydrogen-bond donors (Lipinski definition) is 0. The molecular formula is C69H79N11O6S. The molecule has 0 N–H and O–H groups in total. The second-order valence-electron chi connectivity index (χ2n) is 23.5. The molecule has 452 valence electrons. The zero-order valence-electron chi connectivity index (χ0n) is 50.6. The minimum absolute atomic E-state index is 0.262. The van der Waals surface area contributed by atoms with E-state index >= 15 is 0 Å². The number of rotatable bonds is 14. The van der Waals surface area contributed by atoms with E-state index in [0.717, 1.165) is 91.6 Å². The quantitative estimate of drug-likeness (QED) is 0.0948. The third-order valence-electron chi connectivity index (χ3n) is 17.5. The van der Waals surface area contributed by atoms with E-state index in [9.17, 15) is 13.8 Å². The van der Waals surface area contributed by atoms with Crippen LogP contribution in [0.2, 0.25) is 0 Å². The predicted octanol–water partition coefficient (Wildman–Crippen LogP) is 10.9. The van der Waals surface area contributed by atoms with Crippen LogP contribution >= 0.6 is 0 Å². The number of ether oxygens (including phenoxy) is 3. The number of likely N-dealkylation sites (tertiary alicyclic amines) is 1. The highest BCUT2D eigenvalue weighted by atomic mass is 32.2. The van der Waals surface area contributed by atoms with Gasteiger partial charge in [-0.2, -0.15) is 9.97 Å². The number of aromatic nitrogens is 4. The molecule has 7 heterocycles. The van der Waals surface area contributed by atoms with E-state index < -0.39 is 10.8 Å². The lowest BCUT2D eigenvalue weighted by molar-refractivity contribution is 0.0934. The number of amides is 2. The van der Waals surface area contributed by atoms with Crippen molar-refractivity contribution in [1.82, 2.24) is 34.6 Å². The molecule has 0 spiro atoms. The number of anilines is 4. The minimum Gasteiger partial charge on any atom is -0.462 e. The Morgan fingerprint density at radius 1 is 0.552 bits per heavy atom. The fraction of sp³-hybridized carbons (Fsp3) is 0.391. The summed E-state index contributed by atoms with van der Waals surface area (Å²) in [6.07, 6.45) is 6.20. The maximum Gasteiger partial charge on any atom is 0.410 e. The second-order valence-corrected chi connectivity index (χ2v) is 24.8. The van der Waals surface area contributed by atoms with Gasteiger partial charge < -0.3 is 43.6 Å². The monoisotopic (exact) mass is 1190 g/mol. The van der Waals surface area contributed by atoms with Crippen molar-refractivity contribution in [3.63, 3.8) is 0 Å². The van der Waals surface area contributed by atoms with Gasteiger partial charge >= 0.3 is 18.2 Å². The standard InChI is InChI=1S/C38H46N6O3.C31H33N5O3S/c1-3-16-41-17-9-13-31(41)27-46-37-39-34-25-44(35-24-28(2)23-30-12-7-8-14-32(30)35)18-15-33(34)36(40-37)42-19-21-43(22-20-42)38(45)47-26-29-10-5-4-6-11-29;1-22-18-24-10-6-7-11-25(24)28(19-22)36-13-12-26-27(20-36)32-30(40(2)38)33-29(26)34-14-16-35(17-15-34)31(37)39-21-23-8-4-3-5-9-23/h4-8,10-12,14,23-24,31H,3,9,13,15-22,25-27H2,1-2H3;3-11,18-19H,12-17,20-21H2,1-2H3/t31-;/m0./s1. The summed E-state index contributed by atoms with van der Waals surface area (Å²) in [5.74, 6) is 1.80. The first-order chi connectivity index (χ1) is 42.5. The van der Waals surface area contributed by atoms with Crippen molar-refractivity contribution in [2.45, 2.75) is 90.4 Å². The number of benzene rings is 6. The number of fused-ring (bicyclic) bond motifs is 4. The summed E-state index contributed by atoms with van der Waals surface area (Å²) in [6, 6.07) is 46.5. The molecule has 17 nitrogen and oxygen atoms in total. The van der Waals surface area contributed by atoms with Gasteiger partial charge in [0.15, 0.2) is 0 Å². The summed E-state index contributed by atoms with van der Waals surface area (Å²) in [5.41, 5.74) is 11.1. The molecule has 87 heavy (non-hydrogen) atoms. The van der Waals surface area contributed by atoms with Crippen LogP contribution in [0, 0.1) is 13.8 Å². The average Bonchev–Trinajstić information content (AvgIpc) is 1.42. The molecule has 6 aromatic carbocycles. The van der Waals surface area contributed by atoms with E-state index in [2.05, 4.69) is 118 Å². The zero-order chi connectivity index (χ0) is 59.8. The van der Waals surface area contributed by atoms with Crippen LogP contribution in [0.4, 0.5) is 32.6 Å². The van der Waals surface area contributed by atoms with Crippen LogP contribution in [0.25, 0.3) is 21.5 Å². The summed E-state index contributed by atoms with van der Waals surface area (Å²) in [7, 11) is -1.31. The van der Waals surface area contributed by atoms with E-state index in [-0.39, 0.29) is 25.4 Å². The summed E-state index contributed by atoms with van der Waals surface area (Å²) in [5, 5.41) is 5.32. The minimum atomic E-state index is -1.31. The lowest BCUT2D eigenvalue weighted by Crippen LogP contribution is -2.49. The first-order valence-corrected chi connectivity index (χ1v) is 32.5. The maximum atomic E-state index is 12.9. The molecule has 0 aliphatic carbocycles. The van der Waals surface area contributed by atoms with Gasteiger partial charge in [-0.1, -0.05) is 128 Å². The molecule has 1 unspecified atom stereocenters. The van der Waals surface area contributed by atoms with E-state index in [1.165, 1.54) is 56.0 Å². The van der Waals surface area contributed by atoms with Crippen LogP contribution in [0.5, 0.6) is 6.01 Å². The van der Waals surface area contributed by atoms with Gasteiger partial charge in [0.1, 0.15) is 31.5 Å². The summed E-state index contributed by atoms with van der Waals surface area (Å²) in [6.45, 7) is 17.8. The van der Waals surface area contributed by atoms with Gasteiger partial charge in [-0.05, 0) is 104 Å². The Hall–Kier alpha value is -8.35. The van der Waals surface area contributed by atoms with E-state index in [0.29, 0.717) is 89.3 Å². The van der Waals surface area contributed by atoms with Gasteiger partial charge in [0.2, 0.25) is 5.16 Å². The van der Waals surface area contributed by atoms with Gasteiger partial charge in [0.25, 0.3) is 0 Å². The lowest BCUT2D eigenvalue weighted by atomic mass is 10.0. The molecule has 3 saturated heterocycles. The Balaban J connectivity index is 0.000000172. The molecular weight excluding hydrogens is 1110 g/mol. The number of carbonyl (C=O) groups is 2. The Labute approximate surface area is 513 Å². The second kappa shape index (κ2) is 27.1. The van der Waals surface area contributed by atoms with Crippen molar-refractivity contribution in [2.24, 2.45) is 0 Å². The van der Waals surface area contributed by atoms with Crippen LogP contribution in [0.1, 0.15) is 71.0 Å². The number of hydrogen-bond acceptors (Lipinski definition) is 15. The molecule has 3 fully saturated rings. The molecule has 2 amide bonds. The number of nitrogens with zero attached hydrogens (tertiary/aromatic N) is 11. The lowest BCUT2D eigenvalue weighted by Gasteiger charge is -2.38. The first-order valence-electron chi connectivity index (χ1n) is 30.9. The maximum absolute atomic E-state index is 12.9. The Morgan fingerprint density at radius 2 is 1.03 bits per heavy atom. The van der Waals surface area contributed by atoms with Crippen molar-refractivity contribution in [3.8, 4) is 6.01 Å². The van der Waals surface area contributed by atoms with Crippen LogP contribution in [-0.4, -0.2) is 148 Å². The Bertz CT molecular complexity index is 3750. The molecule has 13 rings (SSSR count). The van der Waals surface area contributed by atoms with Crippen molar-refractivity contribution in [2.75, 3.05) is 111 Å². The van der Waals surface area contributed by atoms with E-state index in [1.807, 2.05) is 60.7 Å². The number of aryl methyl sites for hydroxylation is 2. The summed E-state index contributed by atoms with van der Waals surface area (Å²) >= 11 is 0. The molecule has 2 aromatic heterocycles. The third-order valence-corrected chi connectivity index (χ3v) is 18.1. The molecule has 0 radical (unpaired) electrons. The van der Waals surface area contributed by atoms with Crippen LogP contribution in [-0.2, 0) is 59.4 Å². The Morgan fingerprint density at radius 3 is 1.54 bits per heavy atom. The van der Waals surface area contributed by atoms with Gasteiger partial charge in [0, 0.05) is 111 Å². The van der Waals surface area contributed by atoms with E-state index in [1.54, 1.807) is 16.1 Å². The zero-order valence-corrected chi connectivity index (χ0v) is 51.4. The molecule has 5 aliphatic heterocycles. The molecule has 8 aromatic rings. The normalized spacial score (nSPS) is 17.4. The molecule has 0 bridgehead atoms. The smallest absolute Gasteiger partial charge is 0.410 e. The van der Waals surface area contributed by atoms with Gasteiger partial charge in [-0.25, -0.2) is 19.6 Å². The summed E-state index contributed by atoms with van der Waals surface area (Å²) < 4.78 is 30.2. The van der Waals surface area contributed by atoms with Crippen molar-refractivity contribution in [1.29, 1.82) is 0 Å². The largest absolute Gasteiger partial charge is 0.462 e. The number of piperazine rings is 2. The van der Waals surface area contributed by atoms with Gasteiger partial charge in [-0.3, -0.25) is 9.11 Å². The van der Waals surface area contributed by atoms with Crippen LogP contribution in [0.3, 0.4) is 0 Å². The van der Waals surface area contributed by atoms with Crippen molar-refractivity contribution >= 4 is 67.5 Å². The van der Waals surface area contributed by atoms with Crippen molar-refractivity contribution < 1.29 is 28.0 Å². The highest BCUT2D eigenvalue weighted by Gasteiger charge is 2.33. The average molecular weight is 1190 g/mol. The van der Waals surface area contributed by atoms with Crippen LogP contribution in [0.15, 0.2) is 139 Å². The van der Waals surface area contributed by atoms with Gasteiger partial charge in [-0.15, -0.1) is 0 Å². The molecule has 2 atom stereocenters. The molecule has 0 saturated carbocycles. The third kappa shape index (κ3) is 13.8. The van der Waals surface area contributed by atoms with E-state index in [4.69, 9.17) is 34.1 Å². The fourth-order valence-corrected chi connectivity index (χ4v) is 13.4. The molecule has 5 aliphatic rings. The van der Waals surface area contributed by atoms with Crippen molar-refractivity contribution in [3.05, 3.63) is 178 Å². The highest BCUT2D eigenvalue weighted by molar-refractivity contribution is 7.84. The van der Waals surface area contributed by atoms with Crippen LogP contribution < -0.4 is 24.3 Å². The SMILES string of the molecule is CCCN1CCC[C@H]1COc1nc2c(c(N3CCN(C(=O)OCc4ccccc4)CC3)n1)CCN(c1cc(C)cc3ccccc13)C2.Cc1cc(N2CCc3c(nc(S(C)=O)nc3N3CCN(C(=O)OCc4ccccc4)CC3)C2)c2ccccc2c1. The number of carbonyl (C=O) groups excluding carboxylic acids is 2. The first kappa shape index (κ1) is 59.0. The van der Waals surface area contributed by atoms with Gasteiger partial charge in [0.05, 0.1) is 35.3 Å². The molecule has 18 heteroatoms.